The van der Waals surface area contributed by atoms with Crippen LogP contribution in [0.15, 0.2) is 49.1 Å². The van der Waals surface area contributed by atoms with Crippen LogP contribution in [0.5, 0.6) is 17.2 Å². The van der Waals surface area contributed by atoms with Crippen LogP contribution in [0.4, 0.5) is 0 Å². The Morgan fingerprint density at radius 3 is 1.94 bits per heavy atom. The van der Waals surface area contributed by atoms with Gasteiger partial charge >= 0.3 is 0 Å². The molecule has 0 saturated heterocycles. The van der Waals surface area contributed by atoms with Gasteiger partial charge in [0.2, 0.25) is 5.75 Å². The molecule has 2 amide bonds. The molecular formula is C23H27N5O5. The van der Waals surface area contributed by atoms with Crippen molar-refractivity contribution >= 4 is 11.8 Å². The summed E-state index contributed by atoms with van der Waals surface area (Å²) < 4.78 is 18.6. The summed E-state index contributed by atoms with van der Waals surface area (Å²) in [6.07, 6.45) is 3.08. The Labute approximate surface area is 191 Å². The molecule has 2 aromatic carbocycles. The average Bonchev–Trinajstić information content (AvgIpc) is 3.33. The fraction of sp³-hybridized carbons (Fsp3) is 0.304. The molecular weight excluding hydrogens is 426 g/mol. The van der Waals surface area contributed by atoms with Gasteiger partial charge in [-0.15, -0.1) is 0 Å². The Morgan fingerprint density at radius 1 is 0.848 bits per heavy atom. The Morgan fingerprint density at radius 2 is 1.42 bits per heavy atom. The van der Waals surface area contributed by atoms with Crippen molar-refractivity contribution in [3.05, 3.63) is 65.7 Å². The normalized spacial score (nSPS) is 10.4. The zero-order valence-corrected chi connectivity index (χ0v) is 18.8. The number of benzene rings is 2. The second-order valence-electron chi connectivity index (χ2n) is 6.80. The fourth-order valence-electron chi connectivity index (χ4n) is 3.04. The number of aromatic nitrogens is 3. The summed E-state index contributed by atoms with van der Waals surface area (Å²) in [5, 5.41) is 4.05. The van der Waals surface area contributed by atoms with E-state index in [1.165, 1.54) is 6.33 Å². The average molecular weight is 453 g/mol. The van der Waals surface area contributed by atoms with Crippen LogP contribution in [-0.2, 0) is 6.54 Å². The maximum Gasteiger partial charge on any atom is 0.269 e. The topological polar surface area (TPSA) is 117 Å². The van der Waals surface area contributed by atoms with Crippen molar-refractivity contribution in [2.75, 3.05) is 19.8 Å². The molecule has 3 rings (SSSR count). The highest BCUT2D eigenvalue weighted by molar-refractivity contribution is 5.99. The van der Waals surface area contributed by atoms with Crippen LogP contribution < -0.4 is 25.1 Å². The van der Waals surface area contributed by atoms with Gasteiger partial charge in [-0.05, 0) is 50.6 Å². The molecule has 10 heteroatoms. The molecule has 0 spiro atoms. The minimum atomic E-state index is -0.517. The lowest BCUT2D eigenvalue weighted by Crippen LogP contribution is -2.41. The van der Waals surface area contributed by atoms with Gasteiger partial charge in [0.15, 0.2) is 11.5 Å². The van der Waals surface area contributed by atoms with Gasteiger partial charge in [0, 0.05) is 11.1 Å². The van der Waals surface area contributed by atoms with E-state index in [1.807, 2.05) is 32.9 Å². The molecule has 33 heavy (non-hydrogen) atoms. The number of hydrazine groups is 1. The number of rotatable bonds is 10. The van der Waals surface area contributed by atoms with Crippen molar-refractivity contribution < 1.29 is 23.8 Å². The summed E-state index contributed by atoms with van der Waals surface area (Å²) >= 11 is 0. The van der Waals surface area contributed by atoms with Crippen LogP contribution in [0.25, 0.3) is 0 Å². The van der Waals surface area contributed by atoms with Crippen LogP contribution in [-0.4, -0.2) is 46.4 Å². The third-order valence-corrected chi connectivity index (χ3v) is 4.49. The number of carbonyl (C=O) groups excluding carboxylic acids is 2. The van der Waals surface area contributed by atoms with E-state index in [0.29, 0.717) is 49.2 Å². The molecule has 0 fully saturated rings. The molecule has 2 N–H and O–H groups in total. The van der Waals surface area contributed by atoms with Crippen LogP contribution in [0.3, 0.4) is 0 Å². The summed E-state index contributed by atoms with van der Waals surface area (Å²) in [7, 11) is 0. The van der Waals surface area contributed by atoms with Crippen molar-refractivity contribution in [1.29, 1.82) is 0 Å². The van der Waals surface area contributed by atoms with Crippen LogP contribution in [0, 0.1) is 0 Å². The molecule has 0 saturated carbocycles. The number of nitrogens with one attached hydrogen (secondary N) is 2. The summed E-state index contributed by atoms with van der Waals surface area (Å²) in [6.45, 7) is 7.25. The van der Waals surface area contributed by atoms with Crippen LogP contribution >= 0.6 is 0 Å². The highest BCUT2D eigenvalue weighted by Gasteiger charge is 2.19. The molecule has 174 valence electrons. The SMILES string of the molecule is CCOc1cc(C(=O)NNC(=O)c2ccc(Cn3cncn3)cc2)cc(OCC)c1OCC. The maximum atomic E-state index is 12.7. The zero-order valence-electron chi connectivity index (χ0n) is 18.8. The van der Waals surface area contributed by atoms with E-state index in [0.717, 1.165) is 5.56 Å². The molecule has 1 heterocycles. The highest BCUT2D eigenvalue weighted by atomic mass is 16.5. The van der Waals surface area contributed by atoms with E-state index in [1.54, 1.807) is 35.3 Å². The fourth-order valence-corrected chi connectivity index (χ4v) is 3.04. The molecule has 0 unspecified atom stereocenters. The van der Waals surface area contributed by atoms with E-state index in [2.05, 4.69) is 20.9 Å². The lowest BCUT2D eigenvalue weighted by Gasteiger charge is -2.17. The van der Waals surface area contributed by atoms with Crippen molar-refractivity contribution in [2.45, 2.75) is 27.3 Å². The lowest BCUT2D eigenvalue weighted by molar-refractivity contribution is 0.0846. The largest absolute Gasteiger partial charge is 0.490 e. The molecule has 0 aliphatic heterocycles. The predicted molar refractivity (Wildman–Crippen MR) is 120 cm³/mol. The minimum Gasteiger partial charge on any atom is -0.490 e. The van der Waals surface area contributed by atoms with E-state index < -0.39 is 11.8 Å². The predicted octanol–water partition coefficient (Wildman–Crippen LogP) is 2.60. The number of hydrogen-bond acceptors (Lipinski definition) is 7. The number of ether oxygens (including phenoxy) is 3. The lowest BCUT2D eigenvalue weighted by atomic mass is 10.1. The minimum absolute atomic E-state index is 0.258. The van der Waals surface area contributed by atoms with Crippen molar-refractivity contribution in [2.24, 2.45) is 0 Å². The Kier molecular flexibility index (Phi) is 8.23. The molecule has 0 aliphatic carbocycles. The molecule has 1 aromatic heterocycles. The Bertz CT molecular complexity index is 1040. The number of hydrogen-bond donors (Lipinski definition) is 2. The maximum absolute atomic E-state index is 12.7. The third kappa shape index (κ3) is 6.22. The van der Waals surface area contributed by atoms with E-state index in [-0.39, 0.29) is 5.56 Å². The molecule has 0 radical (unpaired) electrons. The Hall–Kier alpha value is -4.08. The molecule has 3 aromatic rings. The zero-order chi connectivity index (χ0) is 23.6. The number of carbonyl (C=O) groups is 2. The summed E-state index contributed by atoms with van der Waals surface area (Å²) in [6, 6.07) is 10.1. The standard InChI is InChI=1S/C23H27N5O5/c1-4-31-19-11-18(12-20(32-5-2)21(19)33-6-3)23(30)27-26-22(29)17-9-7-16(8-10-17)13-28-15-24-14-25-28/h7-12,14-15H,4-6,13H2,1-3H3,(H,26,29)(H,27,30). The second-order valence-corrected chi connectivity index (χ2v) is 6.80. The van der Waals surface area contributed by atoms with Crippen molar-refractivity contribution in [1.82, 2.24) is 25.6 Å². The molecule has 0 atom stereocenters. The first-order valence-electron chi connectivity index (χ1n) is 10.6. The second kappa shape index (κ2) is 11.5. The monoisotopic (exact) mass is 453 g/mol. The number of nitrogens with zero attached hydrogens (tertiary/aromatic N) is 3. The Balaban J connectivity index is 1.67. The summed E-state index contributed by atoms with van der Waals surface area (Å²) in [5.74, 6) is 0.259. The number of amides is 2. The van der Waals surface area contributed by atoms with Crippen molar-refractivity contribution in [3.8, 4) is 17.2 Å². The van der Waals surface area contributed by atoms with Gasteiger partial charge in [0.25, 0.3) is 11.8 Å². The van der Waals surface area contributed by atoms with E-state index >= 15 is 0 Å². The molecule has 0 bridgehead atoms. The van der Waals surface area contributed by atoms with Gasteiger partial charge in [0.1, 0.15) is 12.7 Å². The summed E-state index contributed by atoms with van der Waals surface area (Å²) in [4.78, 5) is 29.1. The van der Waals surface area contributed by atoms with Crippen LogP contribution in [0.1, 0.15) is 47.1 Å². The first kappa shape index (κ1) is 23.6. The van der Waals surface area contributed by atoms with Crippen LogP contribution in [0.2, 0.25) is 0 Å². The molecule has 0 aliphatic rings. The first-order chi connectivity index (χ1) is 16.0. The summed E-state index contributed by atoms with van der Waals surface area (Å²) in [5.41, 5.74) is 6.47. The first-order valence-corrected chi connectivity index (χ1v) is 10.6. The van der Waals surface area contributed by atoms with Gasteiger partial charge in [-0.1, -0.05) is 12.1 Å². The van der Waals surface area contributed by atoms with Gasteiger partial charge in [0.05, 0.1) is 26.4 Å². The quantitative estimate of drug-likeness (QED) is 0.453. The third-order valence-electron chi connectivity index (χ3n) is 4.49. The highest BCUT2D eigenvalue weighted by Crippen LogP contribution is 2.39. The van der Waals surface area contributed by atoms with Crippen molar-refractivity contribution in [3.63, 3.8) is 0 Å². The van der Waals surface area contributed by atoms with Gasteiger partial charge < -0.3 is 14.2 Å². The smallest absolute Gasteiger partial charge is 0.269 e. The van der Waals surface area contributed by atoms with Gasteiger partial charge in [-0.2, -0.15) is 5.10 Å². The van der Waals surface area contributed by atoms with E-state index in [9.17, 15) is 9.59 Å². The van der Waals surface area contributed by atoms with E-state index in [4.69, 9.17) is 14.2 Å². The molecule has 10 nitrogen and oxygen atoms in total. The van der Waals surface area contributed by atoms with Gasteiger partial charge in [-0.25, -0.2) is 9.67 Å². The van der Waals surface area contributed by atoms with Gasteiger partial charge in [-0.3, -0.25) is 20.4 Å².